The zero-order chi connectivity index (χ0) is 15.5. The molecule has 112 valence electrons. The van der Waals surface area contributed by atoms with Crippen LogP contribution in [0.3, 0.4) is 0 Å². The third kappa shape index (κ3) is 2.62. The van der Waals surface area contributed by atoms with Gasteiger partial charge < -0.3 is 9.32 Å². The van der Waals surface area contributed by atoms with Crippen LogP contribution in [0.4, 0.5) is 5.88 Å². The van der Waals surface area contributed by atoms with Crippen LogP contribution in [-0.4, -0.2) is 13.1 Å². The summed E-state index contributed by atoms with van der Waals surface area (Å²) in [6.45, 7) is 5.72. The monoisotopic (exact) mass is 293 g/mol. The molecule has 0 amide bonds. The van der Waals surface area contributed by atoms with Gasteiger partial charge in [-0.2, -0.15) is 0 Å². The van der Waals surface area contributed by atoms with Gasteiger partial charge in [0.2, 0.25) is 0 Å². The van der Waals surface area contributed by atoms with Crippen molar-refractivity contribution in [1.29, 1.82) is 0 Å². The Morgan fingerprint density at radius 1 is 0.909 bits per heavy atom. The second-order valence-electron chi connectivity index (χ2n) is 5.20. The fraction of sp³-hybridized carbons (Fsp3) is 0.211. The first-order valence-corrected chi connectivity index (χ1v) is 7.61. The van der Waals surface area contributed by atoms with Gasteiger partial charge in [-0.3, -0.25) is 4.79 Å². The molecule has 0 spiro atoms. The standard InChI is InChI=1S/C19H19NO2/c1-3-20(4-2)19-13-17(21)16-11-10-15(12-18(16)22-19)14-8-6-5-7-9-14/h5-13H,3-4H2,1-2H3. The molecule has 0 aliphatic carbocycles. The molecule has 0 bridgehead atoms. The summed E-state index contributed by atoms with van der Waals surface area (Å²) in [5, 5.41) is 0.621. The first-order chi connectivity index (χ1) is 10.7. The maximum Gasteiger partial charge on any atom is 0.199 e. The molecule has 0 radical (unpaired) electrons. The van der Waals surface area contributed by atoms with Gasteiger partial charge in [0.25, 0.3) is 0 Å². The predicted molar refractivity (Wildman–Crippen MR) is 91.5 cm³/mol. The molecule has 3 heteroatoms. The second-order valence-corrected chi connectivity index (χ2v) is 5.20. The van der Waals surface area contributed by atoms with E-state index < -0.39 is 0 Å². The Kier molecular flexibility index (Phi) is 3.96. The molecule has 0 N–H and O–H groups in total. The fourth-order valence-corrected chi connectivity index (χ4v) is 2.64. The van der Waals surface area contributed by atoms with Gasteiger partial charge in [0.1, 0.15) is 5.58 Å². The third-order valence-corrected chi connectivity index (χ3v) is 3.90. The summed E-state index contributed by atoms with van der Waals surface area (Å²) >= 11 is 0. The zero-order valence-corrected chi connectivity index (χ0v) is 12.9. The van der Waals surface area contributed by atoms with Crippen molar-refractivity contribution in [2.45, 2.75) is 13.8 Å². The average Bonchev–Trinajstić information content (AvgIpc) is 2.56. The van der Waals surface area contributed by atoms with E-state index in [-0.39, 0.29) is 5.43 Å². The van der Waals surface area contributed by atoms with Gasteiger partial charge >= 0.3 is 0 Å². The summed E-state index contributed by atoms with van der Waals surface area (Å²) in [5.74, 6) is 0.632. The van der Waals surface area contributed by atoms with Crippen LogP contribution in [0.2, 0.25) is 0 Å². The lowest BCUT2D eigenvalue weighted by Gasteiger charge is -2.19. The molecule has 1 heterocycles. The van der Waals surface area contributed by atoms with Gasteiger partial charge in [-0.1, -0.05) is 36.4 Å². The molecule has 0 saturated carbocycles. The normalized spacial score (nSPS) is 10.8. The van der Waals surface area contributed by atoms with E-state index in [0.29, 0.717) is 16.9 Å². The highest BCUT2D eigenvalue weighted by molar-refractivity contribution is 5.83. The molecule has 3 nitrogen and oxygen atoms in total. The quantitative estimate of drug-likeness (QED) is 0.719. The number of rotatable bonds is 4. The Labute approximate surface area is 129 Å². The predicted octanol–water partition coefficient (Wildman–Crippen LogP) is 4.31. The van der Waals surface area contributed by atoms with E-state index in [4.69, 9.17) is 4.42 Å². The van der Waals surface area contributed by atoms with Crippen molar-refractivity contribution in [2.24, 2.45) is 0 Å². The van der Waals surface area contributed by atoms with Crippen LogP contribution < -0.4 is 10.3 Å². The summed E-state index contributed by atoms with van der Waals surface area (Å²) in [4.78, 5) is 14.3. The maximum absolute atomic E-state index is 12.3. The number of benzene rings is 2. The summed E-state index contributed by atoms with van der Waals surface area (Å²) in [6, 6.07) is 17.4. The first kappa shape index (κ1) is 14.4. The molecule has 0 aliphatic heterocycles. The van der Waals surface area contributed by atoms with Crippen LogP contribution in [-0.2, 0) is 0 Å². The zero-order valence-electron chi connectivity index (χ0n) is 12.9. The van der Waals surface area contributed by atoms with Crippen LogP contribution >= 0.6 is 0 Å². The van der Waals surface area contributed by atoms with Gasteiger partial charge in [-0.05, 0) is 37.1 Å². The van der Waals surface area contributed by atoms with Crippen molar-refractivity contribution in [3.8, 4) is 11.1 Å². The van der Waals surface area contributed by atoms with E-state index in [1.54, 1.807) is 6.07 Å². The molecule has 0 saturated heterocycles. The number of nitrogens with zero attached hydrogens (tertiary/aromatic N) is 1. The second kappa shape index (κ2) is 6.06. The van der Waals surface area contributed by atoms with Crippen LogP contribution in [0.5, 0.6) is 0 Å². The van der Waals surface area contributed by atoms with E-state index in [2.05, 4.69) is 0 Å². The van der Waals surface area contributed by atoms with E-state index in [1.165, 1.54) is 0 Å². The fourth-order valence-electron chi connectivity index (χ4n) is 2.64. The Bertz CT molecular complexity index is 833. The Morgan fingerprint density at radius 3 is 2.32 bits per heavy atom. The molecule has 0 aliphatic rings. The molecule has 0 unspecified atom stereocenters. The van der Waals surface area contributed by atoms with E-state index in [0.717, 1.165) is 24.2 Å². The van der Waals surface area contributed by atoms with Gasteiger partial charge in [-0.15, -0.1) is 0 Å². The lowest BCUT2D eigenvalue weighted by molar-refractivity contribution is 0.578. The summed E-state index contributed by atoms with van der Waals surface area (Å²) in [6.07, 6.45) is 0. The van der Waals surface area contributed by atoms with E-state index in [1.807, 2.05) is 67.3 Å². The first-order valence-electron chi connectivity index (χ1n) is 7.61. The average molecular weight is 293 g/mol. The summed E-state index contributed by atoms with van der Waals surface area (Å²) < 4.78 is 5.97. The largest absolute Gasteiger partial charge is 0.440 e. The van der Waals surface area contributed by atoms with Crippen molar-refractivity contribution < 1.29 is 4.42 Å². The highest BCUT2D eigenvalue weighted by Gasteiger charge is 2.10. The minimum absolute atomic E-state index is 0.00256. The number of fused-ring (bicyclic) bond motifs is 1. The smallest absolute Gasteiger partial charge is 0.199 e. The van der Waals surface area contributed by atoms with E-state index in [9.17, 15) is 4.79 Å². The minimum Gasteiger partial charge on any atom is -0.440 e. The van der Waals surface area contributed by atoms with Crippen molar-refractivity contribution in [3.63, 3.8) is 0 Å². The van der Waals surface area contributed by atoms with Crippen molar-refractivity contribution in [3.05, 3.63) is 64.8 Å². The Morgan fingerprint density at radius 2 is 1.64 bits per heavy atom. The number of anilines is 1. The molecule has 2 aromatic carbocycles. The molecule has 0 fully saturated rings. The lowest BCUT2D eigenvalue weighted by atomic mass is 10.0. The molecule has 3 rings (SSSR count). The van der Waals surface area contributed by atoms with Crippen molar-refractivity contribution in [1.82, 2.24) is 0 Å². The Balaban J connectivity index is 2.16. The van der Waals surface area contributed by atoms with Crippen LogP contribution in [0.25, 0.3) is 22.1 Å². The third-order valence-electron chi connectivity index (χ3n) is 3.90. The van der Waals surface area contributed by atoms with Crippen LogP contribution in [0.15, 0.2) is 63.8 Å². The molecule has 22 heavy (non-hydrogen) atoms. The van der Waals surface area contributed by atoms with Gasteiger partial charge in [0, 0.05) is 19.2 Å². The van der Waals surface area contributed by atoms with E-state index >= 15 is 0 Å². The SMILES string of the molecule is CCN(CC)c1cc(=O)c2ccc(-c3ccccc3)cc2o1. The highest BCUT2D eigenvalue weighted by atomic mass is 16.4. The topological polar surface area (TPSA) is 33.5 Å². The highest BCUT2D eigenvalue weighted by Crippen LogP contribution is 2.25. The summed E-state index contributed by atoms with van der Waals surface area (Å²) in [5.41, 5.74) is 2.80. The molecular formula is C19H19NO2. The van der Waals surface area contributed by atoms with Crippen LogP contribution in [0, 0.1) is 0 Å². The number of hydrogen-bond donors (Lipinski definition) is 0. The van der Waals surface area contributed by atoms with Crippen LogP contribution in [0.1, 0.15) is 13.8 Å². The van der Waals surface area contributed by atoms with Crippen molar-refractivity contribution in [2.75, 3.05) is 18.0 Å². The van der Waals surface area contributed by atoms with Gasteiger partial charge in [0.05, 0.1) is 5.39 Å². The minimum atomic E-state index is 0.00256. The maximum atomic E-state index is 12.3. The molecular weight excluding hydrogens is 274 g/mol. The van der Waals surface area contributed by atoms with Gasteiger partial charge in [0.15, 0.2) is 11.3 Å². The molecule has 1 aromatic heterocycles. The Hall–Kier alpha value is -2.55. The van der Waals surface area contributed by atoms with Gasteiger partial charge in [-0.25, -0.2) is 0 Å². The molecule has 0 atom stereocenters. The summed E-state index contributed by atoms with van der Waals surface area (Å²) in [7, 11) is 0. The number of hydrogen-bond acceptors (Lipinski definition) is 3. The molecule has 3 aromatic rings. The lowest BCUT2D eigenvalue weighted by Crippen LogP contribution is -2.23. The van der Waals surface area contributed by atoms with Crippen molar-refractivity contribution >= 4 is 16.9 Å².